The van der Waals surface area contributed by atoms with Gasteiger partial charge in [0.15, 0.2) is 5.76 Å². The summed E-state index contributed by atoms with van der Waals surface area (Å²) in [6.07, 6.45) is 1.11. The summed E-state index contributed by atoms with van der Waals surface area (Å²) in [6.45, 7) is 6.56. The molecule has 0 unspecified atom stereocenters. The molecule has 0 aliphatic carbocycles. The van der Waals surface area contributed by atoms with E-state index in [1.165, 1.54) is 0 Å². The van der Waals surface area contributed by atoms with Crippen molar-refractivity contribution in [3.63, 3.8) is 0 Å². The van der Waals surface area contributed by atoms with Crippen LogP contribution >= 0.6 is 0 Å². The second kappa shape index (κ2) is 10.9. The lowest BCUT2D eigenvalue weighted by Crippen LogP contribution is -2.13. The molecule has 1 N–H and O–H groups in total. The molecule has 0 saturated heterocycles. The maximum atomic E-state index is 5.42. The first-order chi connectivity index (χ1) is 9.36. The van der Waals surface area contributed by atoms with E-state index < -0.39 is 0 Å². The largest absolute Gasteiger partial charge is 0.382 e. The van der Waals surface area contributed by atoms with Crippen molar-refractivity contribution in [1.29, 1.82) is 0 Å². The number of aromatic nitrogens is 1. The standard InChI is InChI=1S/C13H24N2O4/c1-3-4-14-10-12-9-13(19-15-12)11-18-8-7-17-6-5-16-2/h9,14H,3-8,10-11H2,1-2H3. The van der Waals surface area contributed by atoms with E-state index in [-0.39, 0.29) is 0 Å². The van der Waals surface area contributed by atoms with Gasteiger partial charge in [-0.25, -0.2) is 0 Å². The van der Waals surface area contributed by atoms with E-state index in [2.05, 4.69) is 17.4 Å². The normalized spacial score (nSPS) is 11.1. The van der Waals surface area contributed by atoms with Crippen LogP contribution in [0.3, 0.4) is 0 Å². The van der Waals surface area contributed by atoms with Gasteiger partial charge in [-0.3, -0.25) is 0 Å². The maximum absolute atomic E-state index is 5.42. The quantitative estimate of drug-likeness (QED) is 0.579. The average molecular weight is 272 g/mol. The number of hydrogen-bond acceptors (Lipinski definition) is 6. The molecular weight excluding hydrogens is 248 g/mol. The molecule has 0 bridgehead atoms. The third kappa shape index (κ3) is 7.94. The first kappa shape index (κ1) is 16.1. The van der Waals surface area contributed by atoms with Crippen molar-refractivity contribution >= 4 is 0 Å². The Morgan fingerprint density at radius 3 is 2.79 bits per heavy atom. The molecule has 0 spiro atoms. The molecule has 0 saturated carbocycles. The molecule has 0 aliphatic rings. The van der Waals surface area contributed by atoms with Crippen LogP contribution in [0.4, 0.5) is 0 Å². The maximum Gasteiger partial charge on any atom is 0.162 e. The van der Waals surface area contributed by atoms with E-state index in [1.54, 1.807) is 7.11 Å². The molecule has 0 fully saturated rings. The van der Waals surface area contributed by atoms with E-state index in [0.29, 0.717) is 33.0 Å². The highest BCUT2D eigenvalue weighted by Crippen LogP contribution is 2.04. The fourth-order valence-electron chi connectivity index (χ4n) is 1.44. The van der Waals surface area contributed by atoms with Crippen LogP contribution in [0.25, 0.3) is 0 Å². The molecule has 0 atom stereocenters. The van der Waals surface area contributed by atoms with Gasteiger partial charge in [-0.2, -0.15) is 0 Å². The Morgan fingerprint density at radius 1 is 1.21 bits per heavy atom. The van der Waals surface area contributed by atoms with Gasteiger partial charge >= 0.3 is 0 Å². The molecule has 1 heterocycles. The van der Waals surface area contributed by atoms with Crippen molar-refractivity contribution in [2.75, 3.05) is 40.1 Å². The van der Waals surface area contributed by atoms with Gasteiger partial charge in [-0.1, -0.05) is 12.1 Å². The van der Waals surface area contributed by atoms with Crippen LogP contribution < -0.4 is 5.32 Å². The van der Waals surface area contributed by atoms with Crippen LogP contribution in [-0.4, -0.2) is 45.2 Å². The predicted octanol–water partition coefficient (Wildman–Crippen LogP) is 1.35. The van der Waals surface area contributed by atoms with Crippen LogP contribution in [0.1, 0.15) is 24.8 Å². The van der Waals surface area contributed by atoms with Gasteiger partial charge in [0.1, 0.15) is 6.61 Å². The zero-order valence-corrected chi connectivity index (χ0v) is 11.8. The van der Waals surface area contributed by atoms with E-state index in [9.17, 15) is 0 Å². The van der Waals surface area contributed by atoms with Crippen LogP contribution in [-0.2, 0) is 27.4 Å². The first-order valence-electron chi connectivity index (χ1n) is 6.66. The molecule has 0 aromatic carbocycles. The molecule has 6 nitrogen and oxygen atoms in total. The summed E-state index contributed by atoms with van der Waals surface area (Å²) in [5, 5.41) is 7.23. The van der Waals surface area contributed by atoms with E-state index in [4.69, 9.17) is 18.7 Å². The van der Waals surface area contributed by atoms with Gasteiger partial charge in [0.05, 0.1) is 32.1 Å². The number of nitrogens with zero attached hydrogens (tertiary/aromatic N) is 1. The molecular formula is C13H24N2O4. The lowest BCUT2D eigenvalue weighted by Gasteiger charge is -2.03. The number of nitrogens with one attached hydrogen (secondary N) is 1. The number of rotatable bonds is 12. The van der Waals surface area contributed by atoms with Gasteiger partial charge in [-0.15, -0.1) is 0 Å². The van der Waals surface area contributed by atoms with Gasteiger partial charge in [-0.05, 0) is 13.0 Å². The summed E-state index contributed by atoms with van der Waals surface area (Å²) in [5.74, 6) is 0.741. The van der Waals surface area contributed by atoms with Crippen LogP contribution in [0, 0.1) is 0 Å². The first-order valence-corrected chi connectivity index (χ1v) is 6.66. The highest BCUT2D eigenvalue weighted by Gasteiger charge is 2.03. The Morgan fingerprint density at radius 2 is 2.00 bits per heavy atom. The van der Waals surface area contributed by atoms with Gasteiger partial charge < -0.3 is 24.1 Å². The molecule has 1 rings (SSSR count). The molecule has 19 heavy (non-hydrogen) atoms. The highest BCUT2D eigenvalue weighted by atomic mass is 16.5. The summed E-state index contributed by atoms with van der Waals surface area (Å²) in [6, 6.07) is 1.91. The molecule has 110 valence electrons. The Kier molecular flexibility index (Phi) is 9.26. The van der Waals surface area contributed by atoms with E-state index >= 15 is 0 Å². The SMILES string of the molecule is CCCNCc1cc(COCCOCCOC)on1. The second-order valence-corrected chi connectivity index (χ2v) is 4.12. The third-order valence-corrected chi connectivity index (χ3v) is 2.39. The Labute approximate surface area is 114 Å². The van der Waals surface area contributed by atoms with Crippen molar-refractivity contribution in [3.05, 3.63) is 17.5 Å². The van der Waals surface area contributed by atoms with Crippen molar-refractivity contribution < 1.29 is 18.7 Å². The van der Waals surface area contributed by atoms with E-state index in [1.807, 2.05) is 6.07 Å². The zero-order valence-electron chi connectivity index (χ0n) is 11.8. The molecule has 0 aliphatic heterocycles. The van der Waals surface area contributed by atoms with Crippen molar-refractivity contribution in [2.24, 2.45) is 0 Å². The number of hydrogen-bond donors (Lipinski definition) is 1. The second-order valence-electron chi connectivity index (χ2n) is 4.12. The van der Waals surface area contributed by atoms with Gasteiger partial charge in [0.2, 0.25) is 0 Å². The predicted molar refractivity (Wildman–Crippen MR) is 70.9 cm³/mol. The topological polar surface area (TPSA) is 65.8 Å². The summed E-state index contributed by atoms with van der Waals surface area (Å²) < 4.78 is 20.7. The highest BCUT2D eigenvalue weighted by molar-refractivity contribution is 5.04. The minimum Gasteiger partial charge on any atom is -0.382 e. The van der Waals surface area contributed by atoms with Crippen molar-refractivity contribution in [2.45, 2.75) is 26.5 Å². The molecule has 1 aromatic rings. The summed E-state index contributed by atoms with van der Waals surface area (Å²) in [5.41, 5.74) is 0.906. The molecule has 0 radical (unpaired) electrons. The minimum atomic E-state index is 0.425. The fraction of sp³-hybridized carbons (Fsp3) is 0.769. The fourth-order valence-corrected chi connectivity index (χ4v) is 1.44. The molecule has 1 aromatic heterocycles. The lowest BCUT2D eigenvalue weighted by atomic mass is 10.3. The number of ether oxygens (including phenoxy) is 3. The zero-order chi connectivity index (χ0) is 13.8. The average Bonchev–Trinajstić information content (AvgIpc) is 2.86. The minimum absolute atomic E-state index is 0.425. The Hall–Kier alpha value is -0.950. The van der Waals surface area contributed by atoms with Crippen LogP contribution in [0.15, 0.2) is 10.6 Å². The van der Waals surface area contributed by atoms with Gasteiger partial charge in [0.25, 0.3) is 0 Å². The monoisotopic (exact) mass is 272 g/mol. The molecule has 6 heteroatoms. The Balaban J connectivity index is 2.03. The van der Waals surface area contributed by atoms with Crippen LogP contribution in [0.2, 0.25) is 0 Å². The summed E-state index contributed by atoms with van der Waals surface area (Å²) >= 11 is 0. The summed E-state index contributed by atoms with van der Waals surface area (Å²) in [4.78, 5) is 0. The van der Waals surface area contributed by atoms with E-state index in [0.717, 1.165) is 31.0 Å². The lowest BCUT2D eigenvalue weighted by molar-refractivity contribution is 0.0151. The van der Waals surface area contributed by atoms with Crippen LogP contribution in [0.5, 0.6) is 0 Å². The summed E-state index contributed by atoms with van der Waals surface area (Å²) in [7, 11) is 1.65. The molecule has 0 amide bonds. The van der Waals surface area contributed by atoms with Crippen molar-refractivity contribution in [3.8, 4) is 0 Å². The van der Waals surface area contributed by atoms with Crippen molar-refractivity contribution in [1.82, 2.24) is 10.5 Å². The Bertz CT molecular complexity index is 317. The van der Waals surface area contributed by atoms with Gasteiger partial charge in [0, 0.05) is 19.7 Å². The smallest absolute Gasteiger partial charge is 0.162 e. The third-order valence-electron chi connectivity index (χ3n) is 2.39. The number of methoxy groups -OCH3 is 1.